The zero-order chi connectivity index (χ0) is 18.9. The van der Waals surface area contributed by atoms with Gasteiger partial charge >= 0.3 is 12.6 Å². The number of hydrogen-bond acceptors (Lipinski definition) is 3. The summed E-state index contributed by atoms with van der Waals surface area (Å²) in [6.45, 7) is -1.27. The van der Waals surface area contributed by atoms with Crippen molar-refractivity contribution in [1.82, 2.24) is 10.2 Å². The van der Waals surface area contributed by atoms with Gasteiger partial charge < -0.3 is 10.1 Å². The van der Waals surface area contributed by atoms with Gasteiger partial charge in [-0.2, -0.15) is 8.78 Å². The smallest absolute Gasteiger partial charge is 0.387 e. The van der Waals surface area contributed by atoms with Crippen molar-refractivity contribution in [2.45, 2.75) is 25.6 Å². The third kappa shape index (κ3) is 3.48. The van der Waals surface area contributed by atoms with E-state index in [0.29, 0.717) is 16.1 Å². The number of imide groups is 1. The van der Waals surface area contributed by atoms with E-state index < -0.39 is 24.1 Å². The Bertz CT molecular complexity index is 827. The molecule has 2 aromatic carbocycles. The van der Waals surface area contributed by atoms with Crippen LogP contribution in [0.1, 0.15) is 18.1 Å². The lowest BCUT2D eigenvalue weighted by molar-refractivity contribution is -0.131. The summed E-state index contributed by atoms with van der Waals surface area (Å²) in [5, 5.41) is 3.22. The van der Waals surface area contributed by atoms with Crippen molar-refractivity contribution >= 4 is 23.5 Å². The van der Waals surface area contributed by atoms with Crippen molar-refractivity contribution in [3.05, 3.63) is 64.7 Å². The fraction of sp³-hybridized carbons (Fsp3) is 0.222. The Balaban J connectivity index is 1.78. The Hall–Kier alpha value is -2.67. The molecule has 0 aliphatic carbocycles. The second-order valence-corrected chi connectivity index (χ2v) is 6.41. The van der Waals surface area contributed by atoms with Gasteiger partial charge in [-0.15, -0.1) is 0 Å². The number of urea groups is 1. The summed E-state index contributed by atoms with van der Waals surface area (Å²) in [4.78, 5) is 26.2. The van der Waals surface area contributed by atoms with Crippen LogP contribution in [0.4, 0.5) is 13.6 Å². The number of carbonyl (C=O) groups excluding carboxylic acids is 2. The molecule has 0 saturated carbocycles. The van der Waals surface area contributed by atoms with Gasteiger partial charge in [0.15, 0.2) is 0 Å². The Kier molecular flexibility index (Phi) is 4.82. The fourth-order valence-corrected chi connectivity index (χ4v) is 2.90. The predicted octanol–water partition coefficient (Wildman–Crippen LogP) is 3.91. The second-order valence-electron chi connectivity index (χ2n) is 5.98. The first-order valence-corrected chi connectivity index (χ1v) is 8.11. The first kappa shape index (κ1) is 18.1. The van der Waals surface area contributed by atoms with Crippen LogP contribution in [-0.4, -0.2) is 23.4 Å². The van der Waals surface area contributed by atoms with Gasteiger partial charge in [0.25, 0.3) is 5.91 Å². The average molecular weight is 381 g/mol. The molecule has 26 heavy (non-hydrogen) atoms. The highest BCUT2D eigenvalue weighted by Crippen LogP contribution is 2.30. The Labute approximate surface area is 153 Å². The summed E-state index contributed by atoms with van der Waals surface area (Å²) < 4.78 is 28.7. The summed E-state index contributed by atoms with van der Waals surface area (Å²) in [5.74, 6) is -0.398. The van der Waals surface area contributed by atoms with E-state index in [2.05, 4.69) is 10.1 Å². The lowest BCUT2D eigenvalue weighted by Crippen LogP contribution is -2.40. The molecule has 1 aliphatic heterocycles. The maximum Gasteiger partial charge on any atom is 0.387 e. The lowest BCUT2D eigenvalue weighted by atomic mass is 9.92. The highest BCUT2D eigenvalue weighted by atomic mass is 35.5. The van der Waals surface area contributed by atoms with E-state index in [0.717, 1.165) is 4.90 Å². The number of nitrogens with one attached hydrogen (secondary N) is 1. The molecule has 1 N–H and O–H groups in total. The molecular weight excluding hydrogens is 366 g/mol. The van der Waals surface area contributed by atoms with Crippen LogP contribution in [0.25, 0.3) is 0 Å². The minimum absolute atomic E-state index is 0.00644. The number of benzene rings is 2. The molecule has 1 aliphatic rings. The second kappa shape index (κ2) is 6.92. The number of carbonyl (C=O) groups is 2. The molecule has 0 radical (unpaired) electrons. The molecule has 1 fully saturated rings. The van der Waals surface area contributed by atoms with Crippen molar-refractivity contribution in [2.24, 2.45) is 0 Å². The SMILES string of the molecule is CC1(c2ccc(Cl)cc2)NC(=O)N(Cc2ccc(OC(F)F)cc2)C1=O. The predicted molar refractivity (Wildman–Crippen MR) is 91.0 cm³/mol. The van der Waals surface area contributed by atoms with E-state index in [1.165, 1.54) is 24.3 Å². The minimum atomic E-state index is -2.91. The quantitative estimate of drug-likeness (QED) is 0.800. The van der Waals surface area contributed by atoms with Gasteiger partial charge in [-0.3, -0.25) is 9.69 Å². The standard InChI is InChI=1S/C18H15ClF2N2O3/c1-18(12-4-6-13(19)7-5-12)15(24)23(17(25)22-18)10-11-2-8-14(9-3-11)26-16(20)21/h2-9,16H,10H2,1H3,(H,22,25). The van der Waals surface area contributed by atoms with Gasteiger partial charge in [-0.05, 0) is 42.3 Å². The summed E-state index contributed by atoms with van der Waals surface area (Å²) >= 11 is 5.87. The maximum atomic E-state index is 12.8. The van der Waals surface area contributed by atoms with E-state index >= 15 is 0 Å². The molecule has 2 aromatic rings. The lowest BCUT2D eigenvalue weighted by Gasteiger charge is -2.22. The van der Waals surface area contributed by atoms with Crippen LogP contribution in [0.3, 0.4) is 0 Å². The molecule has 0 bridgehead atoms. The maximum absolute atomic E-state index is 12.8. The van der Waals surface area contributed by atoms with Crippen LogP contribution >= 0.6 is 11.6 Å². The van der Waals surface area contributed by atoms with E-state index in [1.807, 2.05) is 0 Å². The fourth-order valence-electron chi connectivity index (χ4n) is 2.78. The van der Waals surface area contributed by atoms with Gasteiger partial charge in [0.2, 0.25) is 0 Å². The zero-order valence-electron chi connectivity index (χ0n) is 13.7. The molecule has 1 saturated heterocycles. The topological polar surface area (TPSA) is 58.6 Å². The molecule has 8 heteroatoms. The Morgan fingerprint density at radius 2 is 1.73 bits per heavy atom. The number of nitrogens with zero attached hydrogens (tertiary/aromatic N) is 1. The average Bonchev–Trinajstić information content (AvgIpc) is 2.81. The van der Waals surface area contributed by atoms with E-state index in [1.54, 1.807) is 31.2 Å². The third-order valence-corrected chi connectivity index (χ3v) is 4.44. The zero-order valence-corrected chi connectivity index (χ0v) is 14.5. The van der Waals surface area contributed by atoms with Gasteiger partial charge in [-0.1, -0.05) is 35.9 Å². The summed E-state index contributed by atoms with van der Waals surface area (Å²) in [7, 11) is 0. The number of hydrogen-bond donors (Lipinski definition) is 1. The van der Waals surface area contributed by atoms with Crippen molar-refractivity contribution in [3.63, 3.8) is 0 Å². The van der Waals surface area contributed by atoms with Crippen molar-refractivity contribution in [1.29, 1.82) is 0 Å². The van der Waals surface area contributed by atoms with Gasteiger partial charge in [-0.25, -0.2) is 4.79 Å². The normalized spacial score (nSPS) is 19.8. The molecular formula is C18H15ClF2N2O3. The van der Waals surface area contributed by atoms with Crippen LogP contribution < -0.4 is 10.1 Å². The molecule has 0 spiro atoms. The van der Waals surface area contributed by atoms with Gasteiger partial charge in [0.1, 0.15) is 11.3 Å². The molecule has 0 aromatic heterocycles. The van der Waals surface area contributed by atoms with Gasteiger partial charge in [0.05, 0.1) is 6.54 Å². The van der Waals surface area contributed by atoms with Crippen molar-refractivity contribution in [3.8, 4) is 5.75 Å². The Morgan fingerprint density at radius 1 is 1.12 bits per heavy atom. The number of ether oxygens (including phenoxy) is 1. The molecule has 5 nitrogen and oxygen atoms in total. The third-order valence-electron chi connectivity index (χ3n) is 4.19. The van der Waals surface area contributed by atoms with Crippen LogP contribution in [0.15, 0.2) is 48.5 Å². The summed E-state index contributed by atoms with van der Waals surface area (Å²) in [6.07, 6.45) is 0. The number of rotatable bonds is 5. The molecule has 1 heterocycles. The minimum Gasteiger partial charge on any atom is -0.435 e. The molecule has 3 rings (SSSR count). The van der Waals surface area contributed by atoms with Crippen LogP contribution in [0.5, 0.6) is 5.75 Å². The highest BCUT2D eigenvalue weighted by Gasteiger charge is 2.48. The van der Waals surface area contributed by atoms with Crippen LogP contribution in [-0.2, 0) is 16.9 Å². The highest BCUT2D eigenvalue weighted by molar-refractivity contribution is 6.30. The van der Waals surface area contributed by atoms with E-state index in [-0.39, 0.29) is 12.3 Å². The van der Waals surface area contributed by atoms with Gasteiger partial charge in [0, 0.05) is 5.02 Å². The Morgan fingerprint density at radius 3 is 2.31 bits per heavy atom. The summed E-state index contributed by atoms with van der Waals surface area (Å²) in [6, 6.07) is 11.9. The van der Waals surface area contributed by atoms with Crippen LogP contribution in [0, 0.1) is 0 Å². The van der Waals surface area contributed by atoms with Crippen molar-refractivity contribution in [2.75, 3.05) is 0 Å². The molecule has 136 valence electrons. The molecule has 1 unspecified atom stereocenters. The van der Waals surface area contributed by atoms with Crippen molar-refractivity contribution < 1.29 is 23.1 Å². The monoisotopic (exact) mass is 380 g/mol. The number of halogens is 3. The largest absolute Gasteiger partial charge is 0.435 e. The number of alkyl halides is 2. The van der Waals surface area contributed by atoms with Crippen LogP contribution in [0.2, 0.25) is 5.02 Å². The number of amides is 3. The van der Waals surface area contributed by atoms with E-state index in [9.17, 15) is 18.4 Å². The summed E-state index contributed by atoms with van der Waals surface area (Å²) in [5.41, 5.74) is 0.0272. The molecule has 3 amide bonds. The first-order chi connectivity index (χ1) is 12.3. The molecule has 1 atom stereocenters. The van der Waals surface area contributed by atoms with E-state index in [4.69, 9.17) is 11.6 Å². The first-order valence-electron chi connectivity index (χ1n) is 7.73.